The zero-order valence-electron chi connectivity index (χ0n) is 28.9. The molecule has 1 fully saturated rings. The number of piperidine rings is 1. The number of allylic oxidation sites excluding steroid dienone is 1. The van der Waals surface area contributed by atoms with E-state index in [1.165, 1.54) is 10.4 Å². The number of benzene rings is 3. The Labute approximate surface area is 289 Å². The van der Waals surface area contributed by atoms with Gasteiger partial charge in [-0.1, -0.05) is 24.8 Å². The molecule has 0 spiro atoms. The molecule has 1 aliphatic carbocycles. The van der Waals surface area contributed by atoms with Crippen molar-refractivity contribution >= 4 is 38.6 Å². The van der Waals surface area contributed by atoms with Crippen molar-refractivity contribution in [3.05, 3.63) is 78.7 Å². The molecule has 49 heavy (non-hydrogen) atoms. The van der Waals surface area contributed by atoms with Crippen LogP contribution < -0.4 is 20.1 Å². The second kappa shape index (κ2) is 15.8. The summed E-state index contributed by atoms with van der Waals surface area (Å²) < 4.78 is 44.6. The van der Waals surface area contributed by atoms with Crippen molar-refractivity contribution in [2.45, 2.75) is 58.0 Å². The summed E-state index contributed by atoms with van der Waals surface area (Å²) in [5, 5.41) is 4.44. The van der Waals surface area contributed by atoms with Crippen molar-refractivity contribution in [3.8, 4) is 22.5 Å². The molecule has 11 heteroatoms. The first-order valence-corrected chi connectivity index (χ1v) is 18.6. The third-order valence-electron chi connectivity index (χ3n) is 9.26. The van der Waals surface area contributed by atoms with Gasteiger partial charge in [0.15, 0.2) is 5.78 Å². The Bertz CT molecular complexity index is 1970. The van der Waals surface area contributed by atoms with E-state index in [0.29, 0.717) is 29.7 Å². The maximum absolute atomic E-state index is 14.4. The summed E-state index contributed by atoms with van der Waals surface area (Å²) in [6.45, 7) is 15.8. The normalized spacial score (nSPS) is 14.1. The van der Waals surface area contributed by atoms with Gasteiger partial charge in [-0.3, -0.25) is 4.79 Å². The number of ether oxygens (including phenoxy) is 1. The van der Waals surface area contributed by atoms with Crippen LogP contribution in [0.5, 0.6) is 0 Å². The molecule has 0 bridgehead atoms. The van der Waals surface area contributed by atoms with Gasteiger partial charge in [0.1, 0.15) is 30.5 Å². The molecule has 260 valence electrons. The summed E-state index contributed by atoms with van der Waals surface area (Å²) in [5.74, 6) is 0.514. The molecule has 0 radical (unpaired) electrons. The van der Waals surface area contributed by atoms with Crippen LogP contribution >= 0.6 is 0 Å². The number of rotatable bonds is 13. The molecule has 2 aromatic rings. The highest BCUT2D eigenvalue weighted by Gasteiger charge is 2.33. The van der Waals surface area contributed by atoms with Crippen LogP contribution in [-0.4, -0.2) is 76.5 Å². The zero-order chi connectivity index (χ0) is 35.1. The Hall–Kier alpha value is -4.48. The van der Waals surface area contributed by atoms with Crippen molar-refractivity contribution in [1.29, 1.82) is 0 Å². The van der Waals surface area contributed by atoms with E-state index in [-0.39, 0.29) is 36.7 Å². The van der Waals surface area contributed by atoms with Crippen LogP contribution in [-0.2, 0) is 19.6 Å². The predicted molar refractivity (Wildman–Crippen MR) is 194 cm³/mol. The molecule has 0 unspecified atom stereocenters. The summed E-state index contributed by atoms with van der Waals surface area (Å²) in [4.78, 5) is 26.2. The first kappa shape index (κ1) is 35.8. The minimum Gasteiger partial charge on any atom is -0.456 e. The molecule has 0 atom stereocenters. The summed E-state index contributed by atoms with van der Waals surface area (Å²) in [6, 6.07) is 19.5. The van der Waals surface area contributed by atoms with Crippen LogP contribution in [0.3, 0.4) is 0 Å². The first-order chi connectivity index (χ1) is 23.6. The minimum atomic E-state index is -3.93. The number of nitrogens with one attached hydrogen (secondary N) is 1. The Morgan fingerprint density at radius 3 is 2.39 bits per heavy atom. The number of hydrogen-bond donors (Lipinski definition) is 1. The van der Waals surface area contributed by atoms with Gasteiger partial charge in [0.2, 0.25) is 15.4 Å². The Kier molecular flexibility index (Phi) is 11.6. The molecule has 5 rings (SSSR count). The molecule has 1 N–H and O–H groups in total. The van der Waals surface area contributed by atoms with Crippen molar-refractivity contribution in [2.24, 2.45) is 0 Å². The number of nitrogens with zero attached hydrogens (tertiary/aromatic N) is 3. The second-order valence-corrected chi connectivity index (χ2v) is 13.9. The predicted octanol–water partition coefficient (Wildman–Crippen LogP) is 5.89. The van der Waals surface area contributed by atoms with Crippen LogP contribution in [0.2, 0.25) is 0 Å². The number of carbonyl (C=O) groups is 2. The van der Waals surface area contributed by atoms with E-state index < -0.39 is 22.2 Å². The topological polar surface area (TPSA) is 112 Å². The number of fused-ring (bicyclic) bond motifs is 2. The molecule has 3 aliphatic rings. The highest BCUT2D eigenvalue weighted by atomic mass is 32.2. The third kappa shape index (κ3) is 7.73. The van der Waals surface area contributed by atoms with E-state index in [0.717, 1.165) is 53.7 Å². The van der Waals surface area contributed by atoms with E-state index in [4.69, 9.17) is 9.15 Å². The lowest BCUT2D eigenvalue weighted by Crippen LogP contribution is -2.42. The van der Waals surface area contributed by atoms with Crippen LogP contribution in [0.15, 0.2) is 82.6 Å². The molecule has 1 amide bonds. The van der Waals surface area contributed by atoms with E-state index in [1.54, 1.807) is 12.1 Å². The molecule has 2 heterocycles. The number of hydrogen-bond acceptors (Lipinski definition) is 7. The lowest BCUT2D eigenvalue weighted by molar-refractivity contribution is -0.114. The van der Waals surface area contributed by atoms with Crippen molar-refractivity contribution in [1.82, 2.24) is 14.2 Å². The fourth-order valence-corrected chi connectivity index (χ4v) is 8.21. The zero-order valence-corrected chi connectivity index (χ0v) is 29.7. The minimum absolute atomic E-state index is 0.142. The average molecular weight is 688 g/mol. The van der Waals surface area contributed by atoms with Crippen molar-refractivity contribution in [3.63, 3.8) is 0 Å². The molecule has 0 saturated carbocycles. The SMILES string of the molecule is C=CC(=O)CCNC(=O)OC1CCN(S(=O)(=O)c2ccccc2-c2c3ccc(=[N+](CC)CC)cc-3oc3cc(N(CC)CC)ccc23)CC1. The average Bonchev–Trinajstić information content (AvgIpc) is 3.11. The van der Waals surface area contributed by atoms with E-state index >= 15 is 0 Å². The lowest BCUT2D eigenvalue weighted by Gasteiger charge is -2.31. The third-order valence-corrected chi connectivity index (χ3v) is 11.2. The number of sulfonamides is 1. The van der Waals surface area contributed by atoms with E-state index in [2.05, 4.69) is 61.2 Å². The number of ketones is 1. The standard InChI is InChI=1S/C38H46N4O6S/c1-6-29(43)19-22-39-38(44)47-30-20-23-42(24-21-30)49(45,46)36-14-12-11-13-33(36)37-31-17-15-27(40(7-2)8-3)25-34(31)48-35-26-28(16-18-32(35)37)41(9-4)10-5/h6,11-18,25-26,30H,1,7-10,19-24H2,2-5H3/p+1. The molecular formula is C38H47N4O6S+. The highest BCUT2D eigenvalue weighted by molar-refractivity contribution is 7.89. The van der Waals surface area contributed by atoms with Gasteiger partial charge in [0.25, 0.3) is 0 Å². The maximum atomic E-state index is 14.4. The quantitative estimate of drug-likeness (QED) is 0.106. The fourth-order valence-electron chi connectivity index (χ4n) is 6.54. The fraction of sp³-hybridized carbons (Fsp3) is 0.395. The Balaban J connectivity index is 1.52. The van der Waals surface area contributed by atoms with E-state index in [1.807, 2.05) is 36.4 Å². The number of alkyl carbamates (subject to hydrolysis) is 1. The van der Waals surface area contributed by atoms with Gasteiger partial charge >= 0.3 is 6.09 Å². The van der Waals surface area contributed by atoms with E-state index in [9.17, 15) is 18.0 Å². The summed E-state index contributed by atoms with van der Waals surface area (Å²) in [6.07, 6.45) is 1.03. The summed E-state index contributed by atoms with van der Waals surface area (Å²) in [5.41, 5.74) is 3.95. The molecular weight excluding hydrogens is 641 g/mol. The van der Waals surface area contributed by atoms with Crippen LogP contribution in [0.25, 0.3) is 33.4 Å². The highest BCUT2D eigenvalue weighted by Crippen LogP contribution is 2.43. The Morgan fingerprint density at radius 2 is 1.71 bits per heavy atom. The number of anilines is 1. The molecule has 10 nitrogen and oxygen atoms in total. The number of amides is 1. The maximum Gasteiger partial charge on any atom is 0.407 e. The second-order valence-electron chi connectivity index (χ2n) is 12.0. The molecule has 2 aliphatic heterocycles. The van der Waals surface area contributed by atoms with Gasteiger partial charge in [-0.05, 0) is 70.9 Å². The van der Waals surface area contributed by atoms with Crippen molar-refractivity contribution < 1.29 is 27.2 Å². The lowest BCUT2D eigenvalue weighted by atomic mass is 9.93. The van der Waals surface area contributed by atoms with Crippen LogP contribution in [0.1, 0.15) is 47.0 Å². The summed E-state index contributed by atoms with van der Waals surface area (Å²) in [7, 11) is -3.93. The molecule has 2 aromatic carbocycles. The van der Waals surface area contributed by atoms with Gasteiger partial charge in [-0.25, -0.2) is 17.8 Å². The molecule has 1 saturated heterocycles. The Morgan fingerprint density at radius 1 is 1.00 bits per heavy atom. The molecule has 0 aromatic heterocycles. The van der Waals surface area contributed by atoms with Crippen LogP contribution in [0, 0.1) is 0 Å². The van der Waals surface area contributed by atoms with Gasteiger partial charge in [0.05, 0.1) is 11.0 Å². The van der Waals surface area contributed by atoms with Gasteiger partial charge < -0.3 is 19.4 Å². The van der Waals surface area contributed by atoms with Gasteiger partial charge in [-0.2, -0.15) is 4.31 Å². The monoisotopic (exact) mass is 687 g/mol. The first-order valence-electron chi connectivity index (χ1n) is 17.2. The van der Waals surface area contributed by atoms with Gasteiger partial charge in [0, 0.05) is 79.0 Å². The number of carbonyl (C=O) groups excluding carboxylic acids is 2. The summed E-state index contributed by atoms with van der Waals surface area (Å²) >= 11 is 0. The smallest absolute Gasteiger partial charge is 0.407 e. The van der Waals surface area contributed by atoms with Crippen molar-refractivity contribution in [2.75, 3.05) is 50.7 Å². The van der Waals surface area contributed by atoms with Gasteiger partial charge in [-0.15, -0.1) is 0 Å². The largest absolute Gasteiger partial charge is 0.456 e. The van der Waals surface area contributed by atoms with Crippen LogP contribution in [0.4, 0.5) is 10.5 Å².